The van der Waals surface area contributed by atoms with Crippen molar-refractivity contribution in [2.45, 2.75) is 6.54 Å². The Hall–Kier alpha value is -3.71. The average molecular weight is 445 g/mol. The van der Waals surface area contributed by atoms with E-state index >= 15 is 0 Å². The van der Waals surface area contributed by atoms with Crippen LogP contribution in [0.4, 0.5) is 14.5 Å². The maximum Gasteiger partial charge on any atom is 0.264 e. The van der Waals surface area contributed by atoms with E-state index in [0.29, 0.717) is 22.3 Å². The Morgan fingerprint density at radius 1 is 0.938 bits per heavy atom. The van der Waals surface area contributed by atoms with Gasteiger partial charge in [0.2, 0.25) is 0 Å². The number of benzene rings is 3. The van der Waals surface area contributed by atoms with E-state index in [2.05, 4.69) is 14.9 Å². The van der Waals surface area contributed by atoms with Crippen molar-refractivity contribution in [3.8, 4) is 0 Å². The van der Waals surface area contributed by atoms with E-state index in [1.165, 1.54) is 36.0 Å². The first-order valence-electron chi connectivity index (χ1n) is 9.93. The molecule has 1 N–H and O–H groups in total. The van der Waals surface area contributed by atoms with Crippen LogP contribution < -0.4 is 5.32 Å². The van der Waals surface area contributed by atoms with Crippen LogP contribution in [0.5, 0.6) is 0 Å². The summed E-state index contributed by atoms with van der Waals surface area (Å²) in [4.78, 5) is 17.4. The van der Waals surface area contributed by atoms with Gasteiger partial charge in [-0.25, -0.2) is 13.8 Å². The number of hydrogen-bond acceptors (Lipinski definition) is 3. The molecule has 1 aromatic heterocycles. The summed E-state index contributed by atoms with van der Waals surface area (Å²) >= 11 is 1.24. The number of aromatic nitrogens is 1. The largest absolute Gasteiger partial charge is 0.342 e. The second kappa shape index (κ2) is 8.43. The van der Waals surface area contributed by atoms with Gasteiger partial charge in [0.05, 0.1) is 10.6 Å². The van der Waals surface area contributed by atoms with E-state index in [-0.39, 0.29) is 17.5 Å². The molecule has 32 heavy (non-hydrogen) atoms. The molecule has 1 aliphatic heterocycles. The summed E-state index contributed by atoms with van der Waals surface area (Å²) in [5.74, 6) is -0.834. The topological polar surface area (TPSA) is 46.4 Å². The minimum absolute atomic E-state index is 0.230. The van der Waals surface area contributed by atoms with Gasteiger partial charge in [0.15, 0.2) is 5.17 Å². The van der Waals surface area contributed by atoms with Crippen molar-refractivity contribution in [3.05, 3.63) is 107 Å². The van der Waals surface area contributed by atoms with Crippen LogP contribution in [0.25, 0.3) is 17.0 Å². The molecule has 2 heterocycles. The van der Waals surface area contributed by atoms with Crippen molar-refractivity contribution in [2.75, 3.05) is 0 Å². The van der Waals surface area contributed by atoms with Gasteiger partial charge in [-0.15, -0.1) is 0 Å². The normalized spacial score (nSPS) is 16.2. The monoisotopic (exact) mass is 445 g/mol. The number of amidine groups is 1. The lowest BCUT2D eigenvalue weighted by Gasteiger charge is -2.05. The van der Waals surface area contributed by atoms with Crippen LogP contribution in [0.1, 0.15) is 11.1 Å². The number of nitrogens with one attached hydrogen (secondary N) is 1. The number of thioether (sulfide) groups is 1. The van der Waals surface area contributed by atoms with E-state index in [9.17, 15) is 13.6 Å². The van der Waals surface area contributed by atoms with Gasteiger partial charge >= 0.3 is 0 Å². The zero-order valence-electron chi connectivity index (χ0n) is 16.8. The first-order valence-corrected chi connectivity index (χ1v) is 10.7. The number of halogens is 2. The standard InChI is InChI=1S/C25H17F2N3OS/c26-18-7-5-16(6-8-18)14-30-15-17(21-3-1-2-4-22(21)30)13-23-24(31)29-25(32-23)28-20-11-9-19(27)10-12-20/h1-13,15H,14H2,(H,28,29,31)/b23-13+. The molecule has 0 spiro atoms. The van der Waals surface area contributed by atoms with Crippen LogP contribution in [0.3, 0.4) is 0 Å². The van der Waals surface area contributed by atoms with Crippen molar-refractivity contribution >= 4 is 45.5 Å². The number of rotatable bonds is 4. The Morgan fingerprint density at radius 3 is 2.38 bits per heavy atom. The molecule has 1 amide bonds. The van der Waals surface area contributed by atoms with Gasteiger partial charge in [-0.3, -0.25) is 4.79 Å². The molecule has 0 atom stereocenters. The Kier molecular flexibility index (Phi) is 5.33. The zero-order chi connectivity index (χ0) is 22.1. The number of carbonyl (C=O) groups excluding carboxylic acids is 1. The molecule has 0 saturated carbocycles. The fourth-order valence-electron chi connectivity index (χ4n) is 3.56. The van der Waals surface area contributed by atoms with Gasteiger partial charge in [-0.2, -0.15) is 0 Å². The van der Waals surface area contributed by atoms with E-state index < -0.39 is 0 Å². The number of para-hydroxylation sites is 1. The molecule has 0 bridgehead atoms. The highest BCUT2D eigenvalue weighted by Gasteiger charge is 2.24. The van der Waals surface area contributed by atoms with Crippen LogP contribution in [0, 0.1) is 11.6 Å². The molecule has 4 nitrogen and oxygen atoms in total. The molecule has 3 aromatic carbocycles. The van der Waals surface area contributed by atoms with Gasteiger partial charge in [0.25, 0.3) is 5.91 Å². The number of nitrogens with zero attached hydrogens (tertiary/aromatic N) is 2. The minimum Gasteiger partial charge on any atom is -0.342 e. The number of aliphatic imine (C=N–C) groups is 1. The molecule has 4 aromatic rings. The SMILES string of the molecule is O=C1NC(=Nc2ccc(F)cc2)S/C1=C/c1cn(Cc2ccc(F)cc2)c2ccccc12. The zero-order valence-corrected chi connectivity index (χ0v) is 17.6. The molecule has 1 fully saturated rings. The van der Waals surface area contributed by atoms with Gasteiger partial charge in [0.1, 0.15) is 11.6 Å². The fraction of sp³-hybridized carbons (Fsp3) is 0.0400. The van der Waals surface area contributed by atoms with Crippen LogP contribution in [0.15, 0.2) is 88.9 Å². The lowest BCUT2D eigenvalue weighted by Crippen LogP contribution is -2.19. The molecule has 1 saturated heterocycles. The summed E-state index contributed by atoms with van der Waals surface area (Å²) in [6.07, 6.45) is 3.83. The number of hydrogen-bond donors (Lipinski definition) is 1. The third-order valence-electron chi connectivity index (χ3n) is 5.08. The fourth-order valence-corrected chi connectivity index (χ4v) is 4.39. The predicted molar refractivity (Wildman–Crippen MR) is 125 cm³/mol. The van der Waals surface area contributed by atoms with Crippen molar-refractivity contribution in [3.63, 3.8) is 0 Å². The molecular formula is C25H17F2N3OS. The highest BCUT2D eigenvalue weighted by atomic mass is 32.2. The van der Waals surface area contributed by atoms with Crippen LogP contribution in [-0.4, -0.2) is 15.6 Å². The van der Waals surface area contributed by atoms with Crippen molar-refractivity contribution in [1.29, 1.82) is 0 Å². The average Bonchev–Trinajstić information content (AvgIpc) is 3.31. The molecule has 0 unspecified atom stereocenters. The Labute approximate surface area is 187 Å². The van der Waals surface area contributed by atoms with Crippen LogP contribution in [0.2, 0.25) is 0 Å². The Balaban J connectivity index is 1.46. The number of amides is 1. The molecule has 0 radical (unpaired) electrons. The third-order valence-corrected chi connectivity index (χ3v) is 5.99. The minimum atomic E-state index is -0.338. The maximum atomic E-state index is 13.3. The van der Waals surface area contributed by atoms with Crippen molar-refractivity contribution in [2.24, 2.45) is 4.99 Å². The van der Waals surface area contributed by atoms with Crippen LogP contribution in [-0.2, 0) is 11.3 Å². The summed E-state index contributed by atoms with van der Waals surface area (Å²) in [7, 11) is 0. The summed E-state index contributed by atoms with van der Waals surface area (Å²) in [6.45, 7) is 0.584. The van der Waals surface area contributed by atoms with Crippen LogP contribution >= 0.6 is 11.8 Å². The van der Waals surface area contributed by atoms with Gasteiger partial charge in [0, 0.05) is 29.2 Å². The Bertz CT molecular complexity index is 1370. The summed E-state index contributed by atoms with van der Waals surface area (Å²) in [5.41, 5.74) is 3.47. The second-order valence-electron chi connectivity index (χ2n) is 7.31. The van der Waals surface area contributed by atoms with Gasteiger partial charge in [-0.05, 0) is 65.9 Å². The Morgan fingerprint density at radius 2 is 1.62 bits per heavy atom. The van der Waals surface area contributed by atoms with Gasteiger partial charge < -0.3 is 9.88 Å². The predicted octanol–water partition coefficient (Wildman–Crippen LogP) is 5.86. The van der Waals surface area contributed by atoms with Crippen molar-refractivity contribution in [1.82, 2.24) is 9.88 Å². The van der Waals surface area contributed by atoms with E-state index in [1.807, 2.05) is 36.5 Å². The summed E-state index contributed by atoms with van der Waals surface area (Å²) in [5, 5.41) is 4.22. The quantitative estimate of drug-likeness (QED) is 0.400. The lowest BCUT2D eigenvalue weighted by molar-refractivity contribution is -0.115. The third kappa shape index (κ3) is 4.20. The van der Waals surface area contributed by atoms with E-state index in [1.54, 1.807) is 24.3 Å². The summed E-state index contributed by atoms with van der Waals surface area (Å²) in [6, 6.07) is 20.1. The van der Waals surface area contributed by atoms with Gasteiger partial charge in [-0.1, -0.05) is 30.3 Å². The molecule has 7 heteroatoms. The summed E-state index contributed by atoms with van der Waals surface area (Å²) < 4.78 is 28.4. The number of carbonyl (C=O) groups is 1. The first kappa shape index (κ1) is 20.2. The molecule has 1 aliphatic rings. The second-order valence-corrected chi connectivity index (χ2v) is 8.34. The highest BCUT2D eigenvalue weighted by molar-refractivity contribution is 8.18. The first-order chi connectivity index (χ1) is 15.5. The molecule has 158 valence electrons. The maximum absolute atomic E-state index is 13.3. The lowest BCUT2D eigenvalue weighted by atomic mass is 10.1. The van der Waals surface area contributed by atoms with E-state index in [0.717, 1.165) is 22.0 Å². The highest BCUT2D eigenvalue weighted by Crippen LogP contribution is 2.31. The molecule has 5 rings (SSSR count). The molecular weight excluding hydrogens is 428 g/mol. The number of fused-ring (bicyclic) bond motifs is 1. The van der Waals surface area contributed by atoms with E-state index in [4.69, 9.17) is 0 Å². The van der Waals surface area contributed by atoms with Crippen molar-refractivity contribution < 1.29 is 13.6 Å². The smallest absolute Gasteiger partial charge is 0.264 e. The molecule has 0 aliphatic carbocycles.